The molecule has 0 aliphatic carbocycles. The van der Waals surface area contributed by atoms with Crippen LogP contribution < -0.4 is 65.5 Å². The zero-order valence-corrected chi connectivity index (χ0v) is 45.4. The van der Waals surface area contributed by atoms with Crippen LogP contribution in [0.3, 0.4) is 0 Å². The minimum Gasteiger partial charge on any atom is -0.480 e. The topological polar surface area (TPSA) is 424 Å². The molecule has 0 spiro atoms. The first-order valence-electron chi connectivity index (χ1n) is 26.7. The van der Waals surface area contributed by atoms with Crippen molar-refractivity contribution in [1.82, 2.24) is 47.5 Å². The minimum atomic E-state index is -1.70. The summed E-state index contributed by atoms with van der Waals surface area (Å²) in [5.74, 6) is -8.50. The summed E-state index contributed by atoms with van der Waals surface area (Å²) >= 11 is 0. The van der Waals surface area contributed by atoms with Crippen molar-refractivity contribution in [1.29, 1.82) is 0 Å². The van der Waals surface area contributed by atoms with Crippen LogP contribution in [0.25, 0.3) is 10.9 Å². The highest BCUT2D eigenvalue weighted by molar-refractivity contribution is 5.99. The number of amides is 8. The number of carboxylic acids is 1. The van der Waals surface area contributed by atoms with E-state index in [-0.39, 0.29) is 95.9 Å². The number of aromatic nitrogens is 1. The first-order chi connectivity index (χ1) is 38.8. The lowest BCUT2D eigenvalue weighted by Gasteiger charge is -2.30. The third-order valence-corrected chi connectivity index (χ3v) is 13.1. The number of hydrogen-bond donors (Lipinski definition) is 14. The van der Waals surface area contributed by atoms with Crippen LogP contribution in [-0.2, 0) is 67.3 Å². The molecule has 2 heterocycles. The van der Waals surface area contributed by atoms with Crippen LogP contribution in [-0.4, -0.2) is 143 Å². The van der Waals surface area contributed by atoms with E-state index in [0.29, 0.717) is 16.7 Å². The van der Waals surface area contributed by atoms with Gasteiger partial charge in [-0.25, -0.2) is 4.79 Å². The molecule has 0 saturated carbocycles. The number of carbonyl (C=O) groups excluding carboxylic acids is 8. The van der Waals surface area contributed by atoms with Crippen molar-refractivity contribution in [2.45, 2.75) is 133 Å². The Morgan fingerprint density at radius 3 is 1.96 bits per heavy atom. The molecule has 5 rings (SSSR count). The number of nitrogens with two attached hydrogens (primary N) is 4. The standard InChI is InChI=1S/C55H75N15O11/c1-32(81-31-35-17-7-4-8-18-35)46-52(78)69-42(27-34-15-5-3-6-16-34)49(75)65-40(23-14-26-62-55(58)59)48(74)67-43(28-36-30-63-38-20-10-9-19-37(36)38)50(76)66-41(53(79)80)21-11-12-24-60-45(72)29-44(51(77)70-46)68-47(73)39(64-33(2)71)22-13-25-61-54(56)57/h3-10,15-20,30,32,39-44,46,63H,11-14,21-29,31H2,1-2H3,(H,60,72)(H,64,71)(H,65,75)(H,66,76)(H,67,74)(H,68,73)(H,69,78)(H,70,77)(H,79,80)(H4,56,57,61)(H4,58,59,62)/t32-,39+,40+,41+,42-,43+,44+,46+/m1/s1. The van der Waals surface area contributed by atoms with Gasteiger partial charge in [-0.3, -0.25) is 48.3 Å². The maximum atomic E-state index is 14.9. The van der Waals surface area contributed by atoms with Gasteiger partial charge in [0.2, 0.25) is 47.3 Å². The fraction of sp³-hybridized carbons (Fsp3) is 0.436. The predicted molar refractivity (Wildman–Crippen MR) is 301 cm³/mol. The lowest BCUT2D eigenvalue weighted by Crippen LogP contribution is -2.62. The summed E-state index contributed by atoms with van der Waals surface area (Å²) in [7, 11) is 0. The fourth-order valence-electron chi connectivity index (χ4n) is 8.90. The Balaban J connectivity index is 1.57. The van der Waals surface area contributed by atoms with Gasteiger partial charge >= 0.3 is 5.97 Å². The molecule has 0 radical (unpaired) electrons. The van der Waals surface area contributed by atoms with Gasteiger partial charge in [0.1, 0.15) is 42.3 Å². The van der Waals surface area contributed by atoms with Crippen molar-refractivity contribution < 1.29 is 53.0 Å². The highest BCUT2D eigenvalue weighted by atomic mass is 16.5. The maximum absolute atomic E-state index is 14.9. The van der Waals surface area contributed by atoms with Gasteiger partial charge < -0.3 is 80.3 Å². The van der Waals surface area contributed by atoms with Crippen molar-refractivity contribution in [3.8, 4) is 0 Å². The van der Waals surface area contributed by atoms with Crippen molar-refractivity contribution in [3.63, 3.8) is 0 Å². The van der Waals surface area contributed by atoms with E-state index in [1.807, 2.05) is 18.2 Å². The lowest BCUT2D eigenvalue weighted by molar-refractivity contribution is -0.142. The van der Waals surface area contributed by atoms with Gasteiger partial charge in [0.25, 0.3) is 0 Å². The summed E-state index contributed by atoms with van der Waals surface area (Å²) in [6.07, 6.45) is 0.0247. The van der Waals surface area contributed by atoms with Crippen molar-refractivity contribution in [2.75, 3.05) is 19.6 Å². The Morgan fingerprint density at radius 1 is 0.704 bits per heavy atom. The zero-order chi connectivity index (χ0) is 58.8. The summed E-state index contributed by atoms with van der Waals surface area (Å²) in [6.45, 7) is 2.74. The van der Waals surface area contributed by atoms with E-state index in [0.717, 1.165) is 10.9 Å². The Morgan fingerprint density at radius 2 is 1.30 bits per heavy atom. The molecule has 1 aromatic heterocycles. The van der Waals surface area contributed by atoms with E-state index in [9.17, 15) is 48.3 Å². The molecule has 26 heteroatoms. The molecule has 3 aromatic carbocycles. The molecule has 1 saturated heterocycles. The van der Waals surface area contributed by atoms with E-state index >= 15 is 0 Å². The number of hydrogen-bond acceptors (Lipinski definition) is 12. The van der Waals surface area contributed by atoms with Gasteiger partial charge in [-0.2, -0.15) is 0 Å². The Bertz CT molecular complexity index is 2840. The van der Waals surface area contributed by atoms with Gasteiger partial charge in [-0.15, -0.1) is 0 Å². The average Bonchev–Trinajstić information content (AvgIpc) is 4.07. The first-order valence-corrected chi connectivity index (χ1v) is 26.7. The van der Waals surface area contributed by atoms with Crippen molar-refractivity contribution >= 4 is 76.0 Å². The fourth-order valence-corrected chi connectivity index (χ4v) is 8.90. The number of nitrogens with zero attached hydrogens (tertiary/aromatic N) is 2. The summed E-state index contributed by atoms with van der Waals surface area (Å²) in [5.41, 5.74) is 24.8. The third kappa shape index (κ3) is 21.3. The highest BCUT2D eigenvalue weighted by Gasteiger charge is 2.37. The Hall–Kier alpha value is -9.07. The van der Waals surface area contributed by atoms with Crippen LogP contribution in [0.1, 0.15) is 81.9 Å². The second kappa shape index (κ2) is 32.1. The van der Waals surface area contributed by atoms with Gasteiger partial charge in [-0.1, -0.05) is 78.9 Å². The summed E-state index contributed by atoms with van der Waals surface area (Å²) in [4.78, 5) is 137. The molecule has 0 bridgehead atoms. The zero-order valence-electron chi connectivity index (χ0n) is 45.4. The van der Waals surface area contributed by atoms with Gasteiger partial charge in [0.05, 0.1) is 19.1 Å². The minimum absolute atomic E-state index is 0.00428. The number of nitrogens with one attached hydrogen (secondary N) is 9. The molecular weight excluding hydrogens is 1050 g/mol. The number of ether oxygens (including phenoxy) is 1. The molecule has 8 atom stereocenters. The summed E-state index contributed by atoms with van der Waals surface area (Å²) in [6, 6.07) is 14.5. The van der Waals surface area contributed by atoms with Crippen LogP contribution in [0.5, 0.6) is 0 Å². The number of carboxylic acid groups (broad SMARTS) is 1. The number of benzene rings is 3. The second-order valence-electron chi connectivity index (χ2n) is 19.6. The third-order valence-electron chi connectivity index (χ3n) is 13.1. The molecule has 18 N–H and O–H groups in total. The SMILES string of the molecule is CC(=O)N[C@@H](CCCN=C(N)N)C(=O)N[C@H]1CC(=O)NCCCC[C@@H](C(=O)O)NC(=O)[C@H](Cc2c[nH]c3ccccc23)NC(=O)[C@H](CCCN=C(N)N)NC(=O)[C@@H](Cc2ccccc2)NC(=O)[C@H]([C@@H](C)OCc2ccccc2)NC1=O. The molecule has 26 nitrogen and oxygen atoms in total. The quantitative estimate of drug-likeness (QED) is 0.0282. The summed E-state index contributed by atoms with van der Waals surface area (Å²) < 4.78 is 6.19. The first kappa shape index (κ1) is 62.8. The number of aliphatic imine (C=N–C) groups is 2. The number of aromatic amines is 1. The van der Waals surface area contributed by atoms with Gasteiger partial charge in [0.15, 0.2) is 11.9 Å². The van der Waals surface area contributed by atoms with Crippen LogP contribution in [0.15, 0.2) is 101 Å². The van der Waals surface area contributed by atoms with Gasteiger partial charge in [0, 0.05) is 56.5 Å². The Kier molecular flexibility index (Phi) is 24.9. The number of rotatable bonds is 20. The van der Waals surface area contributed by atoms with Crippen LogP contribution >= 0.6 is 0 Å². The molecule has 1 fully saturated rings. The number of guanidine groups is 2. The van der Waals surface area contributed by atoms with Gasteiger partial charge in [-0.05, 0) is 74.6 Å². The normalized spacial score (nSPS) is 20.8. The van der Waals surface area contributed by atoms with E-state index in [4.69, 9.17) is 27.7 Å². The van der Waals surface area contributed by atoms with Crippen molar-refractivity contribution in [2.24, 2.45) is 32.9 Å². The number of H-pyrrole nitrogens is 1. The van der Waals surface area contributed by atoms with E-state index < -0.39 is 108 Å². The van der Waals surface area contributed by atoms with Crippen LogP contribution in [0.2, 0.25) is 0 Å². The second-order valence-corrected chi connectivity index (χ2v) is 19.6. The summed E-state index contributed by atoms with van der Waals surface area (Å²) in [5, 5.41) is 32.3. The monoisotopic (exact) mass is 1120 g/mol. The van der Waals surface area contributed by atoms with E-state index in [1.165, 1.54) is 13.8 Å². The van der Waals surface area contributed by atoms with Crippen LogP contribution in [0, 0.1) is 0 Å². The van der Waals surface area contributed by atoms with E-state index in [2.05, 4.69) is 57.5 Å². The predicted octanol–water partition coefficient (Wildman–Crippen LogP) is -1.15. The molecule has 1 aliphatic rings. The molecule has 0 unspecified atom stereocenters. The largest absolute Gasteiger partial charge is 0.480 e. The number of para-hydroxylation sites is 1. The van der Waals surface area contributed by atoms with E-state index in [1.54, 1.807) is 72.9 Å². The molecular formula is C55H75N15O11. The molecule has 8 amide bonds. The smallest absolute Gasteiger partial charge is 0.326 e. The highest BCUT2D eigenvalue weighted by Crippen LogP contribution is 2.20. The average molecular weight is 1120 g/mol. The number of carbonyl (C=O) groups is 9. The maximum Gasteiger partial charge on any atom is 0.326 e. The van der Waals surface area contributed by atoms with Crippen molar-refractivity contribution in [3.05, 3.63) is 108 Å². The molecule has 1 aliphatic heterocycles. The molecule has 436 valence electrons. The lowest BCUT2D eigenvalue weighted by atomic mass is 10.0. The number of fused-ring (bicyclic) bond motifs is 1. The number of aliphatic carboxylic acids is 1. The molecule has 81 heavy (non-hydrogen) atoms. The Labute approximate surface area is 468 Å². The van der Waals surface area contributed by atoms with Crippen LogP contribution in [0.4, 0.5) is 0 Å². The molecule has 4 aromatic rings.